The van der Waals surface area contributed by atoms with Gasteiger partial charge in [0.1, 0.15) is 0 Å². The average molecular weight is 347 g/mol. The average Bonchev–Trinajstić information content (AvgIpc) is 2.57. The lowest BCUT2D eigenvalue weighted by Gasteiger charge is -2.09. The van der Waals surface area contributed by atoms with Crippen LogP contribution >= 0.6 is 11.6 Å². The van der Waals surface area contributed by atoms with Gasteiger partial charge in [-0.3, -0.25) is 4.79 Å². The molecule has 0 bridgehead atoms. The lowest BCUT2D eigenvalue weighted by Crippen LogP contribution is -2.21. The number of ether oxygens (including phenoxy) is 1. The van der Waals surface area contributed by atoms with Gasteiger partial charge in [-0.15, -0.1) is 0 Å². The molecule has 0 atom stereocenters. The van der Waals surface area contributed by atoms with E-state index in [1.807, 2.05) is 13.0 Å². The predicted molar refractivity (Wildman–Crippen MR) is 95.7 cm³/mol. The van der Waals surface area contributed by atoms with Gasteiger partial charge < -0.3 is 15.4 Å². The van der Waals surface area contributed by atoms with Gasteiger partial charge in [-0.05, 0) is 55.8 Å². The summed E-state index contributed by atoms with van der Waals surface area (Å²) in [5.74, 6) is -0.553. The van der Waals surface area contributed by atoms with Crippen molar-refractivity contribution in [2.75, 3.05) is 23.8 Å². The maximum absolute atomic E-state index is 12.0. The van der Waals surface area contributed by atoms with E-state index in [1.54, 1.807) is 43.3 Å². The Balaban J connectivity index is 1.87. The molecule has 0 fully saturated rings. The summed E-state index contributed by atoms with van der Waals surface area (Å²) >= 11 is 6.03. The van der Waals surface area contributed by atoms with Crippen molar-refractivity contribution in [1.29, 1.82) is 0 Å². The van der Waals surface area contributed by atoms with Crippen LogP contribution in [0.5, 0.6) is 0 Å². The fourth-order valence-corrected chi connectivity index (χ4v) is 2.18. The second-order valence-electron chi connectivity index (χ2n) is 5.16. The first-order valence-electron chi connectivity index (χ1n) is 7.56. The highest BCUT2D eigenvalue weighted by molar-refractivity contribution is 6.31. The van der Waals surface area contributed by atoms with Crippen LogP contribution in [0.2, 0.25) is 5.02 Å². The molecule has 0 radical (unpaired) electrons. The molecule has 2 aromatic rings. The van der Waals surface area contributed by atoms with Crippen molar-refractivity contribution in [2.45, 2.75) is 13.8 Å². The van der Waals surface area contributed by atoms with Crippen molar-refractivity contribution in [3.63, 3.8) is 0 Å². The molecule has 5 nitrogen and oxygen atoms in total. The molecule has 0 aliphatic heterocycles. The van der Waals surface area contributed by atoms with E-state index in [0.29, 0.717) is 22.9 Å². The summed E-state index contributed by atoms with van der Waals surface area (Å²) < 4.78 is 4.92. The van der Waals surface area contributed by atoms with Gasteiger partial charge in [-0.25, -0.2) is 4.79 Å². The van der Waals surface area contributed by atoms with E-state index in [2.05, 4.69) is 10.6 Å². The number of hydrogen-bond acceptors (Lipinski definition) is 4. The molecule has 24 heavy (non-hydrogen) atoms. The summed E-state index contributed by atoms with van der Waals surface area (Å²) in [5.41, 5.74) is 2.81. The van der Waals surface area contributed by atoms with Gasteiger partial charge >= 0.3 is 5.97 Å². The maximum Gasteiger partial charge on any atom is 0.338 e. The Hall–Kier alpha value is -2.53. The van der Waals surface area contributed by atoms with Gasteiger partial charge in [-0.1, -0.05) is 17.7 Å². The molecule has 0 aliphatic carbocycles. The Morgan fingerprint density at radius 2 is 1.75 bits per heavy atom. The van der Waals surface area contributed by atoms with Crippen LogP contribution in [0.1, 0.15) is 22.8 Å². The van der Waals surface area contributed by atoms with E-state index < -0.39 is 0 Å². The van der Waals surface area contributed by atoms with Crippen LogP contribution in [0.3, 0.4) is 0 Å². The molecule has 0 aromatic heterocycles. The molecule has 0 saturated heterocycles. The molecule has 2 aromatic carbocycles. The zero-order valence-corrected chi connectivity index (χ0v) is 14.3. The van der Waals surface area contributed by atoms with E-state index in [0.717, 1.165) is 11.3 Å². The maximum atomic E-state index is 12.0. The summed E-state index contributed by atoms with van der Waals surface area (Å²) in [5, 5.41) is 6.36. The fourth-order valence-electron chi connectivity index (χ4n) is 2.00. The monoisotopic (exact) mass is 346 g/mol. The lowest BCUT2D eigenvalue weighted by atomic mass is 10.2. The molecule has 0 heterocycles. The number of anilines is 2. The van der Waals surface area contributed by atoms with Crippen LogP contribution in [0, 0.1) is 6.92 Å². The van der Waals surface area contributed by atoms with Crippen molar-refractivity contribution in [1.82, 2.24) is 0 Å². The first-order valence-corrected chi connectivity index (χ1v) is 7.94. The van der Waals surface area contributed by atoms with Crippen molar-refractivity contribution in [3.8, 4) is 0 Å². The second kappa shape index (κ2) is 8.36. The van der Waals surface area contributed by atoms with Crippen LogP contribution in [0.25, 0.3) is 0 Å². The Kier molecular flexibility index (Phi) is 6.21. The molecule has 2 rings (SSSR count). The highest BCUT2D eigenvalue weighted by Gasteiger charge is 2.07. The molecule has 6 heteroatoms. The van der Waals surface area contributed by atoms with Crippen LogP contribution < -0.4 is 10.6 Å². The lowest BCUT2D eigenvalue weighted by molar-refractivity contribution is -0.114. The number of hydrogen-bond donors (Lipinski definition) is 2. The highest BCUT2D eigenvalue weighted by atomic mass is 35.5. The van der Waals surface area contributed by atoms with E-state index in [1.165, 1.54) is 0 Å². The molecular weight excluding hydrogens is 328 g/mol. The molecular formula is C18H19ClN2O3. The number of rotatable bonds is 6. The summed E-state index contributed by atoms with van der Waals surface area (Å²) in [4.78, 5) is 23.5. The van der Waals surface area contributed by atoms with Gasteiger partial charge in [0, 0.05) is 16.4 Å². The van der Waals surface area contributed by atoms with Crippen LogP contribution in [0.15, 0.2) is 42.5 Å². The minimum atomic E-state index is -0.363. The Morgan fingerprint density at radius 1 is 1.08 bits per heavy atom. The highest BCUT2D eigenvalue weighted by Crippen LogP contribution is 2.19. The zero-order chi connectivity index (χ0) is 17.5. The predicted octanol–water partition coefficient (Wildman–Crippen LogP) is 3.88. The van der Waals surface area contributed by atoms with Crippen LogP contribution in [-0.2, 0) is 9.53 Å². The molecule has 0 spiro atoms. The van der Waals surface area contributed by atoms with Gasteiger partial charge in [0.05, 0.1) is 18.7 Å². The Bertz CT molecular complexity index is 730. The fraction of sp³-hybridized carbons (Fsp3) is 0.222. The quantitative estimate of drug-likeness (QED) is 0.779. The summed E-state index contributed by atoms with van der Waals surface area (Å²) in [7, 11) is 0. The third kappa shape index (κ3) is 4.99. The minimum absolute atomic E-state index is 0.101. The van der Waals surface area contributed by atoms with Crippen LogP contribution in [-0.4, -0.2) is 25.0 Å². The zero-order valence-electron chi connectivity index (χ0n) is 13.6. The molecule has 0 aliphatic rings. The smallest absolute Gasteiger partial charge is 0.338 e. The standard InChI is InChI=1S/C18H19ClN2O3/c1-3-24-18(23)13-5-8-14(9-6-13)20-11-17(22)21-15-7-4-12(2)16(19)10-15/h4-10,20H,3,11H2,1-2H3,(H,21,22). The number of carbonyl (C=O) groups excluding carboxylic acids is 2. The van der Waals surface area contributed by atoms with E-state index in [9.17, 15) is 9.59 Å². The topological polar surface area (TPSA) is 67.4 Å². The number of carbonyl (C=O) groups is 2. The number of amides is 1. The Labute approximate surface area is 146 Å². The largest absolute Gasteiger partial charge is 0.462 e. The van der Waals surface area contributed by atoms with Crippen molar-refractivity contribution >= 4 is 34.9 Å². The number of nitrogens with one attached hydrogen (secondary N) is 2. The third-order valence-corrected chi connectivity index (χ3v) is 3.71. The molecule has 126 valence electrons. The number of esters is 1. The number of aryl methyl sites for hydroxylation is 1. The summed E-state index contributed by atoms with van der Waals surface area (Å²) in [6, 6.07) is 12.1. The van der Waals surface area contributed by atoms with E-state index >= 15 is 0 Å². The van der Waals surface area contributed by atoms with Crippen LogP contribution in [0.4, 0.5) is 11.4 Å². The third-order valence-electron chi connectivity index (χ3n) is 3.30. The second-order valence-corrected chi connectivity index (χ2v) is 5.57. The summed E-state index contributed by atoms with van der Waals surface area (Å²) in [6.45, 7) is 4.09. The van der Waals surface area contributed by atoms with Crippen molar-refractivity contribution < 1.29 is 14.3 Å². The normalized spacial score (nSPS) is 10.1. The van der Waals surface area contributed by atoms with Crippen molar-refractivity contribution in [3.05, 3.63) is 58.6 Å². The molecule has 1 amide bonds. The molecule has 2 N–H and O–H groups in total. The van der Waals surface area contributed by atoms with Gasteiger partial charge in [-0.2, -0.15) is 0 Å². The van der Waals surface area contributed by atoms with Crippen molar-refractivity contribution in [2.24, 2.45) is 0 Å². The molecule has 0 saturated carbocycles. The number of benzene rings is 2. The number of halogens is 1. The van der Waals surface area contributed by atoms with Gasteiger partial charge in [0.25, 0.3) is 0 Å². The first kappa shape index (κ1) is 17.8. The minimum Gasteiger partial charge on any atom is -0.462 e. The van der Waals surface area contributed by atoms with Gasteiger partial charge in [0.15, 0.2) is 0 Å². The molecule has 0 unspecified atom stereocenters. The van der Waals surface area contributed by atoms with E-state index in [4.69, 9.17) is 16.3 Å². The first-order chi connectivity index (χ1) is 11.5. The van der Waals surface area contributed by atoms with Gasteiger partial charge in [0.2, 0.25) is 5.91 Å². The summed E-state index contributed by atoms with van der Waals surface area (Å²) in [6.07, 6.45) is 0. The Morgan fingerprint density at radius 3 is 2.38 bits per heavy atom. The SMILES string of the molecule is CCOC(=O)c1ccc(NCC(=O)Nc2ccc(C)c(Cl)c2)cc1. The van der Waals surface area contributed by atoms with E-state index in [-0.39, 0.29) is 18.4 Å².